The first-order chi connectivity index (χ1) is 28.0. The minimum atomic E-state index is 0.0721. The molecule has 2 heteroatoms. The molecule has 2 heterocycles. The number of nitrogens with zero attached hydrogens (tertiary/aromatic N) is 2. The lowest BCUT2D eigenvalue weighted by molar-refractivity contribution is 0.590. The molecule has 0 saturated heterocycles. The molecule has 2 nitrogen and oxygen atoms in total. The molecule has 0 aliphatic heterocycles. The van der Waals surface area contributed by atoms with Crippen molar-refractivity contribution in [3.05, 3.63) is 168 Å². The predicted molar refractivity (Wildman–Crippen MR) is 256 cm³/mol. The monoisotopic (exact) mass is 766 g/mol. The van der Waals surface area contributed by atoms with E-state index in [1.807, 2.05) is 0 Å². The molecule has 0 unspecified atom stereocenters. The molecule has 59 heavy (non-hydrogen) atoms. The van der Waals surface area contributed by atoms with Gasteiger partial charge in [0, 0.05) is 32.9 Å². The van der Waals surface area contributed by atoms with Crippen molar-refractivity contribution in [3.63, 3.8) is 0 Å². The maximum Gasteiger partial charge on any atom is 0.0541 e. The minimum absolute atomic E-state index is 0.0721. The van der Waals surface area contributed by atoms with Crippen molar-refractivity contribution in [2.24, 2.45) is 0 Å². The quantitative estimate of drug-likeness (QED) is 0.169. The topological polar surface area (TPSA) is 9.86 Å². The summed E-state index contributed by atoms with van der Waals surface area (Å²) in [5.74, 6) is 0. The van der Waals surface area contributed by atoms with Gasteiger partial charge in [-0.25, -0.2) is 0 Å². The summed E-state index contributed by atoms with van der Waals surface area (Å²) in [5, 5.41) is 10.2. The molecule has 2 aromatic heterocycles. The fraction of sp³-hybridized carbons (Fsp3) is 0.228. The van der Waals surface area contributed by atoms with Crippen LogP contribution in [0.4, 0.5) is 0 Å². The first-order valence-electron chi connectivity index (χ1n) is 21.2. The van der Waals surface area contributed by atoms with Gasteiger partial charge in [0.1, 0.15) is 0 Å². The molecule has 0 saturated carbocycles. The summed E-state index contributed by atoms with van der Waals surface area (Å²) in [5.41, 5.74) is 15.4. The fourth-order valence-electron chi connectivity index (χ4n) is 9.22. The highest BCUT2D eigenvalue weighted by atomic mass is 15.0. The van der Waals surface area contributed by atoms with E-state index in [1.165, 1.54) is 110 Å². The van der Waals surface area contributed by atoms with Crippen LogP contribution in [0.5, 0.6) is 0 Å². The van der Waals surface area contributed by atoms with Gasteiger partial charge in [0.25, 0.3) is 0 Å². The summed E-state index contributed by atoms with van der Waals surface area (Å²) >= 11 is 0. The Kier molecular flexibility index (Phi) is 8.15. The third-order valence-electron chi connectivity index (χ3n) is 12.8. The number of fused-ring (bicyclic) bond motifs is 8. The molecule has 0 aliphatic rings. The molecule has 10 aromatic rings. The van der Waals surface area contributed by atoms with Crippen LogP contribution in [-0.2, 0) is 16.2 Å². The molecule has 0 fully saturated rings. The van der Waals surface area contributed by atoms with Crippen molar-refractivity contribution in [3.8, 4) is 22.5 Å². The van der Waals surface area contributed by atoms with Gasteiger partial charge in [0.15, 0.2) is 0 Å². The highest BCUT2D eigenvalue weighted by molar-refractivity contribution is 6.11. The lowest BCUT2D eigenvalue weighted by Crippen LogP contribution is -2.10. The average Bonchev–Trinajstić information content (AvgIpc) is 3.70. The Morgan fingerprint density at radius 3 is 1.00 bits per heavy atom. The number of hydrogen-bond donors (Lipinski definition) is 0. The summed E-state index contributed by atoms with van der Waals surface area (Å²) < 4.78 is 4.89. The van der Waals surface area contributed by atoms with Gasteiger partial charge in [-0.15, -0.1) is 0 Å². The first-order valence-corrected chi connectivity index (χ1v) is 21.2. The molecule has 292 valence electrons. The summed E-state index contributed by atoms with van der Waals surface area (Å²) in [6.45, 7) is 22.9. The molecule has 0 spiro atoms. The van der Waals surface area contributed by atoms with E-state index in [9.17, 15) is 0 Å². The molecular formula is C57H54N2. The van der Waals surface area contributed by atoms with Gasteiger partial charge in [0.2, 0.25) is 0 Å². The summed E-state index contributed by atoms with van der Waals surface area (Å²) in [7, 11) is 0. The second kappa shape index (κ2) is 12.9. The standard InChI is InChI=1S/C57H54N2/c1-35-11-23-51-47(27-35)48-32-42(55(2,3)4)18-24-52(48)58(51)45-21-16-38-28-36(12-14-40(38)30-45)37-13-15-41-31-46(22-17-39(41)29-37)59-53-25-19-43(56(5,6)7)33-49(53)50-34-44(57(8,9)10)20-26-54(50)59/h11-34H,1-10H3. The zero-order chi connectivity index (χ0) is 41.2. The average molecular weight is 767 g/mol. The van der Waals surface area contributed by atoms with Crippen LogP contribution in [0.1, 0.15) is 84.6 Å². The van der Waals surface area contributed by atoms with E-state index >= 15 is 0 Å². The van der Waals surface area contributed by atoms with E-state index in [0.29, 0.717) is 0 Å². The summed E-state index contributed by atoms with van der Waals surface area (Å²) in [6, 6.07) is 55.7. The van der Waals surface area contributed by atoms with Crippen LogP contribution in [-0.4, -0.2) is 9.13 Å². The number of aryl methyl sites for hydroxylation is 1. The second-order valence-corrected chi connectivity index (χ2v) is 20.1. The van der Waals surface area contributed by atoms with E-state index in [-0.39, 0.29) is 16.2 Å². The normalized spacial score (nSPS) is 12.9. The number of rotatable bonds is 3. The Balaban J connectivity index is 1.02. The van der Waals surface area contributed by atoms with Crippen LogP contribution in [0, 0.1) is 6.92 Å². The zero-order valence-corrected chi connectivity index (χ0v) is 36.3. The number of aromatic nitrogens is 2. The van der Waals surface area contributed by atoms with Crippen LogP contribution in [0.2, 0.25) is 0 Å². The zero-order valence-electron chi connectivity index (χ0n) is 36.3. The lowest BCUT2D eigenvalue weighted by Gasteiger charge is -2.19. The predicted octanol–water partition coefficient (Wildman–Crippen LogP) is 16.1. The highest BCUT2D eigenvalue weighted by Gasteiger charge is 2.22. The van der Waals surface area contributed by atoms with Crippen LogP contribution >= 0.6 is 0 Å². The van der Waals surface area contributed by atoms with E-state index < -0.39 is 0 Å². The summed E-state index contributed by atoms with van der Waals surface area (Å²) in [4.78, 5) is 0. The van der Waals surface area contributed by atoms with Gasteiger partial charge in [-0.3, -0.25) is 0 Å². The molecule has 8 aromatic carbocycles. The maximum atomic E-state index is 2.46. The van der Waals surface area contributed by atoms with Gasteiger partial charge in [-0.1, -0.05) is 129 Å². The lowest BCUT2D eigenvalue weighted by atomic mass is 9.85. The Morgan fingerprint density at radius 1 is 0.305 bits per heavy atom. The van der Waals surface area contributed by atoms with Crippen molar-refractivity contribution in [1.82, 2.24) is 9.13 Å². The molecule has 0 atom stereocenters. The summed E-state index contributed by atoms with van der Waals surface area (Å²) in [6.07, 6.45) is 0. The number of benzene rings is 8. The number of hydrogen-bond acceptors (Lipinski definition) is 0. The third kappa shape index (κ3) is 6.24. The van der Waals surface area contributed by atoms with Crippen molar-refractivity contribution in [2.75, 3.05) is 0 Å². The van der Waals surface area contributed by atoms with Gasteiger partial charge in [-0.05, 0) is 157 Å². The van der Waals surface area contributed by atoms with Crippen molar-refractivity contribution in [2.45, 2.75) is 85.5 Å². The Hall–Kier alpha value is -6.12. The molecular weight excluding hydrogens is 713 g/mol. The fourth-order valence-corrected chi connectivity index (χ4v) is 9.22. The van der Waals surface area contributed by atoms with Crippen LogP contribution in [0.15, 0.2) is 146 Å². The van der Waals surface area contributed by atoms with Crippen molar-refractivity contribution >= 4 is 65.2 Å². The van der Waals surface area contributed by atoms with Crippen molar-refractivity contribution < 1.29 is 0 Å². The van der Waals surface area contributed by atoms with Crippen LogP contribution in [0.25, 0.3) is 87.7 Å². The van der Waals surface area contributed by atoms with E-state index in [1.54, 1.807) is 0 Å². The molecule has 0 bridgehead atoms. The third-order valence-corrected chi connectivity index (χ3v) is 12.8. The highest BCUT2D eigenvalue weighted by Crippen LogP contribution is 2.40. The van der Waals surface area contributed by atoms with Gasteiger partial charge < -0.3 is 9.13 Å². The van der Waals surface area contributed by atoms with E-state index in [4.69, 9.17) is 0 Å². The smallest absolute Gasteiger partial charge is 0.0541 e. The maximum absolute atomic E-state index is 2.46. The molecule has 0 N–H and O–H groups in total. The SMILES string of the molecule is Cc1ccc2c(c1)c1cc(C(C)(C)C)ccc1n2-c1ccc2cc(-c3ccc4cc(-n5c6ccc(C(C)(C)C)cc6c6cc(C(C)(C)C)ccc65)ccc4c3)ccc2c1. The Bertz CT molecular complexity index is 3250. The molecule has 0 amide bonds. The molecule has 0 aliphatic carbocycles. The Labute approximate surface area is 348 Å². The largest absolute Gasteiger partial charge is 0.309 e. The van der Waals surface area contributed by atoms with Crippen LogP contribution in [0.3, 0.4) is 0 Å². The van der Waals surface area contributed by atoms with Crippen LogP contribution < -0.4 is 0 Å². The van der Waals surface area contributed by atoms with Gasteiger partial charge >= 0.3 is 0 Å². The van der Waals surface area contributed by atoms with Gasteiger partial charge in [-0.2, -0.15) is 0 Å². The van der Waals surface area contributed by atoms with E-state index in [0.717, 1.165) is 0 Å². The second-order valence-electron chi connectivity index (χ2n) is 20.1. The van der Waals surface area contributed by atoms with Gasteiger partial charge in [0.05, 0.1) is 22.1 Å². The van der Waals surface area contributed by atoms with Crippen molar-refractivity contribution in [1.29, 1.82) is 0 Å². The molecule has 10 rings (SSSR count). The first kappa shape index (κ1) is 37.2. The molecule has 0 radical (unpaired) electrons. The minimum Gasteiger partial charge on any atom is -0.309 e. The Morgan fingerprint density at radius 2 is 0.627 bits per heavy atom. The van der Waals surface area contributed by atoms with E-state index in [2.05, 4.69) is 224 Å².